The van der Waals surface area contributed by atoms with E-state index in [0.717, 1.165) is 18.2 Å². The first-order valence-electron chi connectivity index (χ1n) is 5.07. The zero-order valence-electron chi connectivity index (χ0n) is 10.0. The van der Waals surface area contributed by atoms with Crippen molar-refractivity contribution in [1.29, 1.82) is 0 Å². The number of aliphatic hydroxyl groups is 1. The summed E-state index contributed by atoms with van der Waals surface area (Å²) in [7, 11) is 0. The number of rotatable bonds is 2. The number of carbonyl (C=O) groups is 1. The van der Waals surface area contributed by atoms with E-state index in [-0.39, 0.29) is 15.1 Å². The molecule has 7 heteroatoms. The molecule has 0 radical (unpaired) electrons. The number of amides is 1. The van der Waals surface area contributed by atoms with Crippen LogP contribution in [-0.2, 0) is 4.79 Å². The lowest BCUT2D eigenvalue weighted by Gasteiger charge is -2.15. The van der Waals surface area contributed by atoms with E-state index in [2.05, 4.69) is 4.40 Å². The highest BCUT2D eigenvalue weighted by atomic mass is 127. The maximum Gasteiger partial charge on any atom is 0.260 e. The molecule has 1 heterocycles. The smallest absolute Gasteiger partial charge is 0.260 e. The number of hydrogen-bond acceptors (Lipinski definition) is 5. The molecule has 0 spiro atoms. The molecule has 0 aromatic heterocycles. The van der Waals surface area contributed by atoms with Gasteiger partial charge in [-0.15, -0.1) is 0 Å². The van der Waals surface area contributed by atoms with E-state index in [1.807, 2.05) is 26.0 Å². The summed E-state index contributed by atoms with van der Waals surface area (Å²) in [6.45, 7) is 4.01. The Morgan fingerprint density at radius 1 is 1.61 bits per heavy atom. The number of amidine groups is 1. The average molecular weight is 379 g/mol. The first kappa shape index (κ1) is 15.3. The Labute approximate surface area is 124 Å². The SMILES string of the molecule is CC1(C)C=C/C(=N\SN)N(C(=O)/C=C(\O)I)C=C1. The fraction of sp³-hybridized carbons (Fsp3) is 0.273. The minimum atomic E-state index is -0.381. The minimum Gasteiger partial charge on any atom is -0.502 e. The van der Waals surface area contributed by atoms with E-state index in [1.54, 1.807) is 34.9 Å². The quantitative estimate of drug-likeness (QED) is 0.335. The van der Waals surface area contributed by atoms with Crippen LogP contribution in [-0.4, -0.2) is 21.7 Å². The standard InChI is InChI=1S/C11H14IN3O2S/c1-11(2)4-3-9(14-18-13)15(6-5-11)10(17)7-8(12)16/h3-7,16H,13H2,1-2H3/b8-7-,14-9+. The van der Waals surface area contributed by atoms with Crippen LogP contribution in [0.1, 0.15) is 13.8 Å². The highest BCUT2D eigenvalue weighted by Gasteiger charge is 2.20. The van der Waals surface area contributed by atoms with Crippen LogP contribution < -0.4 is 5.14 Å². The van der Waals surface area contributed by atoms with Crippen molar-refractivity contribution in [2.24, 2.45) is 15.0 Å². The summed E-state index contributed by atoms with van der Waals surface area (Å²) in [5, 5.41) is 14.4. The van der Waals surface area contributed by atoms with Crippen molar-refractivity contribution in [1.82, 2.24) is 4.90 Å². The third-order valence-electron chi connectivity index (χ3n) is 2.19. The van der Waals surface area contributed by atoms with Crippen molar-refractivity contribution in [3.05, 3.63) is 34.3 Å². The van der Waals surface area contributed by atoms with Gasteiger partial charge in [-0.25, -0.2) is 0 Å². The van der Waals surface area contributed by atoms with Crippen LogP contribution in [0.25, 0.3) is 0 Å². The Bertz CT molecular complexity index is 451. The second-order valence-electron chi connectivity index (χ2n) is 4.20. The lowest BCUT2D eigenvalue weighted by molar-refractivity contribution is -0.120. The van der Waals surface area contributed by atoms with E-state index in [0.29, 0.717) is 5.84 Å². The van der Waals surface area contributed by atoms with Crippen molar-refractivity contribution in [2.75, 3.05) is 0 Å². The summed E-state index contributed by atoms with van der Waals surface area (Å²) in [6, 6.07) is 0. The maximum absolute atomic E-state index is 11.9. The third kappa shape index (κ3) is 4.46. The van der Waals surface area contributed by atoms with Gasteiger partial charge in [0.25, 0.3) is 5.91 Å². The van der Waals surface area contributed by atoms with Crippen LogP contribution in [0, 0.1) is 5.41 Å². The molecule has 1 rings (SSSR count). The highest BCUT2D eigenvalue weighted by molar-refractivity contribution is 14.1. The number of allylic oxidation sites excluding steroid dienone is 2. The number of aliphatic hydroxyl groups excluding tert-OH is 1. The van der Waals surface area contributed by atoms with Crippen LogP contribution in [0.5, 0.6) is 0 Å². The number of hydrogen-bond donors (Lipinski definition) is 2. The zero-order valence-corrected chi connectivity index (χ0v) is 13.0. The molecule has 0 aromatic carbocycles. The van der Waals surface area contributed by atoms with Gasteiger partial charge in [-0.1, -0.05) is 26.0 Å². The predicted molar refractivity (Wildman–Crippen MR) is 82.9 cm³/mol. The van der Waals surface area contributed by atoms with E-state index >= 15 is 0 Å². The Morgan fingerprint density at radius 3 is 2.83 bits per heavy atom. The van der Waals surface area contributed by atoms with Crippen molar-refractivity contribution in [3.63, 3.8) is 0 Å². The third-order valence-corrected chi connectivity index (χ3v) is 2.79. The number of carbonyl (C=O) groups excluding carboxylic acids is 1. The molecule has 0 fully saturated rings. The summed E-state index contributed by atoms with van der Waals surface area (Å²) in [6.07, 6.45) is 8.29. The summed E-state index contributed by atoms with van der Waals surface area (Å²) >= 11 is 2.44. The van der Waals surface area contributed by atoms with Gasteiger partial charge < -0.3 is 5.11 Å². The molecule has 1 aliphatic rings. The largest absolute Gasteiger partial charge is 0.502 e. The molecular formula is C11H14IN3O2S. The van der Waals surface area contributed by atoms with Crippen molar-refractivity contribution < 1.29 is 9.90 Å². The van der Waals surface area contributed by atoms with Crippen LogP contribution in [0.15, 0.2) is 38.7 Å². The van der Waals surface area contributed by atoms with Gasteiger partial charge in [0.2, 0.25) is 0 Å². The molecule has 0 saturated heterocycles. The fourth-order valence-corrected chi connectivity index (χ4v) is 1.78. The topological polar surface area (TPSA) is 78.9 Å². The van der Waals surface area contributed by atoms with E-state index < -0.39 is 0 Å². The second kappa shape index (κ2) is 6.39. The van der Waals surface area contributed by atoms with Crippen LogP contribution in [0.2, 0.25) is 0 Å². The number of nitrogens with zero attached hydrogens (tertiary/aromatic N) is 2. The Kier molecular flexibility index (Phi) is 5.42. The van der Waals surface area contributed by atoms with Gasteiger partial charge in [0.15, 0.2) is 3.77 Å². The van der Waals surface area contributed by atoms with Gasteiger partial charge in [-0.2, -0.15) is 4.40 Å². The van der Waals surface area contributed by atoms with Crippen LogP contribution in [0.3, 0.4) is 0 Å². The summed E-state index contributed by atoms with van der Waals surface area (Å²) in [5.74, 6) is 0.0384. The molecule has 3 N–H and O–H groups in total. The molecule has 98 valence electrons. The summed E-state index contributed by atoms with van der Waals surface area (Å²) in [4.78, 5) is 13.3. The van der Waals surface area contributed by atoms with Crippen molar-refractivity contribution >= 4 is 46.5 Å². The minimum absolute atomic E-state index is 0.0850. The molecular weight excluding hydrogens is 365 g/mol. The zero-order chi connectivity index (χ0) is 13.8. The van der Waals surface area contributed by atoms with Gasteiger partial charge in [0.05, 0.1) is 18.2 Å². The first-order valence-corrected chi connectivity index (χ1v) is 6.99. The Morgan fingerprint density at radius 2 is 2.28 bits per heavy atom. The van der Waals surface area contributed by atoms with Gasteiger partial charge in [0, 0.05) is 11.6 Å². The molecule has 18 heavy (non-hydrogen) atoms. The molecule has 1 amide bonds. The van der Waals surface area contributed by atoms with E-state index in [9.17, 15) is 4.79 Å². The van der Waals surface area contributed by atoms with Gasteiger partial charge in [-0.3, -0.25) is 14.8 Å². The Balaban J connectivity index is 3.14. The fourth-order valence-electron chi connectivity index (χ4n) is 1.25. The van der Waals surface area contributed by atoms with Gasteiger partial charge in [-0.05, 0) is 28.7 Å². The van der Waals surface area contributed by atoms with Crippen molar-refractivity contribution in [3.8, 4) is 0 Å². The molecule has 0 aliphatic carbocycles. The van der Waals surface area contributed by atoms with Crippen molar-refractivity contribution in [2.45, 2.75) is 13.8 Å². The number of nitrogens with two attached hydrogens (primary N) is 1. The van der Waals surface area contributed by atoms with Gasteiger partial charge >= 0.3 is 0 Å². The van der Waals surface area contributed by atoms with Crippen LogP contribution in [0.4, 0.5) is 0 Å². The molecule has 1 aliphatic heterocycles. The molecule has 0 aromatic rings. The lowest BCUT2D eigenvalue weighted by atomic mass is 9.94. The molecule has 5 nitrogen and oxygen atoms in total. The van der Waals surface area contributed by atoms with Gasteiger partial charge in [0.1, 0.15) is 5.84 Å². The lowest BCUT2D eigenvalue weighted by Crippen LogP contribution is -2.29. The highest BCUT2D eigenvalue weighted by Crippen LogP contribution is 2.23. The Hall–Kier alpha value is -0.800. The number of halogens is 1. The first-order chi connectivity index (χ1) is 8.35. The van der Waals surface area contributed by atoms with Crippen LogP contribution >= 0.6 is 34.7 Å². The normalized spacial score (nSPS) is 21.2. The maximum atomic E-state index is 11.9. The average Bonchev–Trinajstić information content (AvgIpc) is 2.38. The van der Waals surface area contributed by atoms with E-state index in [1.165, 1.54) is 4.90 Å². The molecule has 0 bridgehead atoms. The summed E-state index contributed by atoms with van der Waals surface area (Å²) < 4.78 is 3.90. The second-order valence-corrected chi connectivity index (χ2v) is 5.70. The molecule has 0 atom stereocenters. The monoisotopic (exact) mass is 379 g/mol. The van der Waals surface area contributed by atoms with E-state index in [4.69, 9.17) is 10.2 Å². The molecule has 0 saturated carbocycles. The predicted octanol–water partition coefficient (Wildman–Crippen LogP) is 2.68. The molecule has 0 unspecified atom stereocenters. The summed E-state index contributed by atoms with van der Waals surface area (Å²) in [5.41, 5.74) is -0.175.